The van der Waals surface area contributed by atoms with Crippen molar-refractivity contribution in [3.05, 3.63) is 53.6 Å². The van der Waals surface area contributed by atoms with Crippen LogP contribution in [0.1, 0.15) is 30.4 Å². The molecule has 0 radical (unpaired) electrons. The molecule has 2 fully saturated rings. The van der Waals surface area contributed by atoms with Crippen LogP contribution >= 0.6 is 0 Å². The number of carbonyl (C=O) groups excluding carboxylic acids is 1. The normalized spacial score (nSPS) is 21.0. The van der Waals surface area contributed by atoms with Gasteiger partial charge in [0, 0.05) is 32.7 Å². The van der Waals surface area contributed by atoms with Crippen molar-refractivity contribution < 1.29 is 19.0 Å². The van der Waals surface area contributed by atoms with Gasteiger partial charge in [0.25, 0.3) is 0 Å². The van der Waals surface area contributed by atoms with Gasteiger partial charge in [-0.05, 0) is 73.7 Å². The van der Waals surface area contributed by atoms with Crippen molar-refractivity contribution in [1.82, 2.24) is 15.1 Å². The fourth-order valence-corrected chi connectivity index (χ4v) is 5.40. The van der Waals surface area contributed by atoms with Crippen LogP contribution in [0, 0.1) is 11.8 Å². The number of rotatable bonds is 10. The summed E-state index contributed by atoms with van der Waals surface area (Å²) in [6.07, 6.45) is 3.51. The van der Waals surface area contributed by atoms with Crippen LogP contribution in [0.3, 0.4) is 0 Å². The number of hydrogen-bond acceptors (Lipinski definition) is 6. The fraction of sp³-hybridized carbons (Fsp3) is 0.536. The maximum Gasteiger partial charge on any atom is 0.224 e. The van der Waals surface area contributed by atoms with Gasteiger partial charge in [-0.2, -0.15) is 0 Å². The first-order valence-corrected chi connectivity index (χ1v) is 12.6. The smallest absolute Gasteiger partial charge is 0.224 e. The van der Waals surface area contributed by atoms with Gasteiger partial charge in [0.05, 0.1) is 27.2 Å². The van der Waals surface area contributed by atoms with Gasteiger partial charge in [-0.1, -0.05) is 18.2 Å². The standard InChI is InChI=1S/C28H39N3O4/c1-33-25-9-6-21(7-10-25)16-29-28(32)24-14-23(18-30-12-4-5-13-30)19-31(20-24)17-22-8-11-26(34-2)27(15-22)35-3/h6-11,15,23-24H,4-5,12-14,16-20H2,1-3H3,(H,29,32)/t23-,24-/m1/s1. The second-order valence-corrected chi connectivity index (χ2v) is 9.76. The summed E-state index contributed by atoms with van der Waals surface area (Å²) < 4.78 is 16.1. The Balaban J connectivity index is 1.41. The van der Waals surface area contributed by atoms with Crippen molar-refractivity contribution in [2.75, 3.05) is 54.1 Å². The molecule has 7 nitrogen and oxygen atoms in total. The molecule has 0 saturated carbocycles. The van der Waals surface area contributed by atoms with Gasteiger partial charge in [0.1, 0.15) is 5.75 Å². The summed E-state index contributed by atoms with van der Waals surface area (Å²) in [5.41, 5.74) is 2.24. The lowest BCUT2D eigenvalue weighted by Crippen LogP contribution is -2.48. The average molecular weight is 482 g/mol. The van der Waals surface area contributed by atoms with Gasteiger partial charge in [-0.3, -0.25) is 9.69 Å². The Morgan fingerprint density at radius 3 is 2.29 bits per heavy atom. The molecular formula is C28H39N3O4. The van der Waals surface area contributed by atoms with Gasteiger partial charge in [0.2, 0.25) is 5.91 Å². The molecule has 2 aromatic rings. The molecule has 2 heterocycles. The summed E-state index contributed by atoms with van der Waals surface area (Å²) in [6.45, 7) is 6.53. The Bertz CT molecular complexity index is 959. The van der Waals surface area contributed by atoms with E-state index in [2.05, 4.69) is 21.2 Å². The molecule has 7 heteroatoms. The van der Waals surface area contributed by atoms with Gasteiger partial charge in [0.15, 0.2) is 11.5 Å². The van der Waals surface area contributed by atoms with E-state index in [0.29, 0.717) is 12.5 Å². The second kappa shape index (κ2) is 12.3. The molecular weight excluding hydrogens is 442 g/mol. The molecule has 2 atom stereocenters. The van der Waals surface area contributed by atoms with E-state index >= 15 is 0 Å². The monoisotopic (exact) mass is 481 g/mol. The van der Waals surface area contributed by atoms with E-state index in [-0.39, 0.29) is 11.8 Å². The molecule has 0 bridgehead atoms. The third kappa shape index (κ3) is 6.89. The molecule has 4 rings (SSSR count). The highest BCUT2D eigenvalue weighted by Gasteiger charge is 2.33. The first-order chi connectivity index (χ1) is 17.1. The molecule has 35 heavy (non-hydrogen) atoms. The average Bonchev–Trinajstić information content (AvgIpc) is 3.40. The van der Waals surface area contributed by atoms with Crippen LogP contribution in [0.15, 0.2) is 42.5 Å². The Morgan fingerprint density at radius 2 is 1.60 bits per heavy atom. The van der Waals surface area contributed by atoms with Gasteiger partial charge in [-0.25, -0.2) is 0 Å². The van der Waals surface area contributed by atoms with Crippen LogP contribution in [0.5, 0.6) is 17.2 Å². The lowest BCUT2D eigenvalue weighted by Gasteiger charge is -2.38. The highest BCUT2D eigenvalue weighted by atomic mass is 16.5. The third-order valence-corrected chi connectivity index (χ3v) is 7.18. The summed E-state index contributed by atoms with van der Waals surface area (Å²) in [4.78, 5) is 18.2. The first-order valence-electron chi connectivity index (χ1n) is 12.6. The summed E-state index contributed by atoms with van der Waals surface area (Å²) in [6, 6.07) is 13.9. The lowest BCUT2D eigenvalue weighted by molar-refractivity contribution is -0.127. The summed E-state index contributed by atoms with van der Waals surface area (Å²) in [5, 5.41) is 3.18. The van der Waals surface area contributed by atoms with Crippen LogP contribution < -0.4 is 19.5 Å². The molecule has 1 N–H and O–H groups in total. The number of carbonyl (C=O) groups is 1. The van der Waals surface area contributed by atoms with Gasteiger partial charge in [-0.15, -0.1) is 0 Å². The number of nitrogens with zero attached hydrogens (tertiary/aromatic N) is 2. The number of ether oxygens (including phenoxy) is 3. The van der Waals surface area contributed by atoms with Gasteiger partial charge >= 0.3 is 0 Å². The van der Waals surface area contributed by atoms with Crippen LogP contribution in [-0.4, -0.2) is 69.8 Å². The summed E-state index contributed by atoms with van der Waals surface area (Å²) >= 11 is 0. The quantitative estimate of drug-likeness (QED) is 0.560. The third-order valence-electron chi connectivity index (χ3n) is 7.18. The Morgan fingerprint density at radius 1 is 0.886 bits per heavy atom. The number of methoxy groups -OCH3 is 3. The van der Waals surface area contributed by atoms with Crippen molar-refractivity contribution in [1.29, 1.82) is 0 Å². The molecule has 2 saturated heterocycles. The predicted octanol–water partition coefficient (Wildman–Crippen LogP) is 3.56. The van der Waals surface area contributed by atoms with E-state index < -0.39 is 0 Å². The van der Waals surface area contributed by atoms with Crippen molar-refractivity contribution in [2.45, 2.75) is 32.4 Å². The van der Waals surface area contributed by atoms with E-state index in [9.17, 15) is 4.79 Å². The summed E-state index contributed by atoms with van der Waals surface area (Å²) in [5.74, 6) is 2.91. The number of hydrogen-bond donors (Lipinski definition) is 1. The van der Waals surface area contributed by atoms with Crippen LogP contribution in [0.25, 0.3) is 0 Å². The van der Waals surface area contributed by atoms with Crippen molar-refractivity contribution in [3.63, 3.8) is 0 Å². The molecule has 1 amide bonds. The molecule has 0 aromatic heterocycles. The molecule has 2 aliphatic heterocycles. The zero-order chi connectivity index (χ0) is 24.6. The number of benzene rings is 2. The predicted molar refractivity (Wildman–Crippen MR) is 137 cm³/mol. The number of nitrogens with one attached hydrogen (secondary N) is 1. The van der Waals surface area contributed by atoms with Gasteiger partial charge < -0.3 is 24.4 Å². The zero-order valence-corrected chi connectivity index (χ0v) is 21.3. The van der Waals surface area contributed by atoms with E-state index in [1.807, 2.05) is 36.4 Å². The minimum Gasteiger partial charge on any atom is -0.497 e. The van der Waals surface area contributed by atoms with Crippen LogP contribution in [-0.2, 0) is 17.9 Å². The highest BCUT2D eigenvalue weighted by molar-refractivity contribution is 5.79. The minimum atomic E-state index is -0.0188. The summed E-state index contributed by atoms with van der Waals surface area (Å²) in [7, 11) is 4.98. The number of likely N-dealkylation sites (tertiary alicyclic amines) is 2. The molecule has 0 aliphatic carbocycles. The van der Waals surface area contributed by atoms with Crippen molar-refractivity contribution in [3.8, 4) is 17.2 Å². The molecule has 2 aromatic carbocycles. The van der Waals surface area contributed by atoms with Crippen LogP contribution in [0.4, 0.5) is 0 Å². The van der Waals surface area contributed by atoms with E-state index in [1.165, 1.54) is 31.5 Å². The maximum absolute atomic E-state index is 13.2. The topological polar surface area (TPSA) is 63.3 Å². The number of piperidine rings is 1. The lowest BCUT2D eigenvalue weighted by atomic mass is 9.87. The Kier molecular flexibility index (Phi) is 8.88. The maximum atomic E-state index is 13.2. The van der Waals surface area contributed by atoms with E-state index in [0.717, 1.165) is 55.4 Å². The van der Waals surface area contributed by atoms with Crippen LogP contribution in [0.2, 0.25) is 0 Å². The highest BCUT2D eigenvalue weighted by Crippen LogP contribution is 2.30. The first kappa shape index (κ1) is 25.3. The molecule has 0 unspecified atom stereocenters. The Labute approximate surface area is 209 Å². The van der Waals surface area contributed by atoms with E-state index in [4.69, 9.17) is 14.2 Å². The van der Waals surface area contributed by atoms with Crippen molar-refractivity contribution in [2.24, 2.45) is 11.8 Å². The second-order valence-electron chi connectivity index (χ2n) is 9.76. The zero-order valence-electron chi connectivity index (χ0n) is 21.3. The SMILES string of the molecule is COc1ccc(CNC(=O)[C@@H]2C[C@H](CN3CCCC3)CN(Cc3ccc(OC)c(OC)c3)C2)cc1. The molecule has 2 aliphatic rings. The number of amides is 1. The largest absolute Gasteiger partial charge is 0.497 e. The van der Waals surface area contributed by atoms with Crippen molar-refractivity contribution >= 4 is 5.91 Å². The molecule has 190 valence electrons. The minimum absolute atomic E-state index is 0.0188. The van der Waals surface area contributed by atoms with E-state index in [1.54, 1.807) is 21.3 Å². The fourth-order valence-electron chi connectivity index (χ4n) is 5.40. The Hall–Kier alpha value is -2.77. The molecule has 0 spiro atoms.